The van der Waals surface area contributed by atoms with Crippen LogP contribution in [0.2, 0.25) is 0 Å². The standard InChI is InChI=1S/C11H20N6OS/c1-2-18-11-15-9(14-10(16-11)17-12)13-7-8-5-3-4-6-19-8/h8H,2-7,12H2,1H3,(H2,13,14,15,16,17). The normalized spacial score (nSPS) is 18.9. The number of anilines is 2. The van der Waals surface area contributed by atoms with Crippen LogP contribution in [-0.4, -0.2) is 39.1 Å². The monoisotopic (exact) mass is 284 g/mol. The summed E-state index contributed by atoms with van der Waals surface area (Å²) in [7, 11) is 0. The van der Waals surface area contributed by atoms with Gasteiger partial charge in [-0.25, -0.2) is 5.84 Å². The van der Waals surface area contributed by atoms with Crippen LogP contribution in [0.15, 0.2) is 0 Å². The van der Waals surface area contributed by atoms with Gasteiger partial charge in [0.05, 0.1) is 6.61 Å². The number of nitrogens with two attached hydrogens (primary N) is 1. The van der Waals surface area contributed by atoms with Crippen LogP contribution < -0.4 is 21.3 Å². The van der Waals surface area contributed by atoms with Crippen LogP contribution in [0.5, 0.6) is 6.01 Å². The molecule has 1 aromatic heterocycles. The molecule has 106 valence electrons. The summed E-state index contributed by atoms with van der Waals surface area (Å²) in [5.41, 5.74) is 2.42. The van der Waals surface area contributed by atoms with Crippen molar-refractivity contribution < 1.29 is 4.74 Å². The summed E-state index contributed by atoms with van der Waals surface area (Å²) in [5.74, 6) is 7.37. The third kappa shape index (κ3) is 4.39. The van der Waals surface area contributed by atoms with Crippen molar-refractivity contribution in [2.75, 3.05) is 29.6 Å². The van der Waals surface area contributed by atoms with Crippen LogP contribution in [0.1, 0.15) is 26.2 Å². The molecule has 0 aliphatic carbocycles. The molecular formula is C11H20N6OS. The van der Waals surface area contributed by atoms with E-state index >= 15 is 0 Å². The van der Waals surface area contributed by atoms with E-state index in [9.17, 15) is 0 Å². The fraction of sp³-hybridized carbons (Fsp3) is 0.727. The number of nitrogens with zero attached hydrogens (tertiary/aromatic N) is 3. The molecule has 7 nitrogen and oxygen atoms in total. The molecule has 0 aromatic carbocycles. The van der Waals surface area contributed by atoms with E-state index in [0.717, 1.165) is 6.54 Å². The van der Waals surface area contributed by atoms with Gasteiger partial charge in [0.25, 0.3) is 0 Å². The van der Waals surface area contributed by atoms with E-state index in [-0.39, 0.29) is 6.01 Å². The highest BCUT2D eigenvalue weighted by molar-refractivity contribution is 7.99. The first kappa shape index (κ1) is 14.1. The summed E-state index contributed by atoms with van der Waals surface area (Å²) < 4.78 is 5.28. The third-order valence-corrected chi connectivity index (χ3v) is 4.18. The van der Waals surface area contributed by atoms with Crippen molar-refractivity contribution in [3.63, 3.8) is 0 Å². The van der Waals surface area contributed by atoms with E-state index in [0.29, 0.717) is 23.8 Å². The van der Waals surface area contributed by atoms with E-state index in [1.165, 1.54) is 25.0 Å². The molecular weight excluding hydrogens is 264 g/mol. The minimum Gasteiger partial charge on any atom is -0.464 e. The SMILES string of the molecule is CCOc1nc(NN)nc(NCC2CCCCS2)n1. The number of hydrazine groups is 1. The zero-order valence-corrected chi connectivity index (χ0v) is 11.9. The number of aromatic nitrogens is 3. The van der Waals surface area contributed by atoms with Crippen molar-refractivity contribution in [3.8, 4) is 6.01 Å². The van der Waals surface area contributed by atoms with Gasteiger partial charge in [0.2, 0.25) is 11.9 Å². The van der Waals surface area contributed by atoms with Gasteiger partial charge in [0.15, 0.2) is 0 Å². The van der Waals surface area contributed by atoms with Gasteiger partial charge < -0.3 is 10.1 Å². The molecule has 1 aromatic rings. The van der Waals surface area contributed by atoms with Gasteiger partial charge in [-0.3, -0.25) is 5.43 Å². The Balaban J connectivity index is 1.95. The van der Waals surface area contributed by atoms with Gasteiger partial charge in [-0.05, 0) is 25.5 Å². The average molecular weight is 284 g/mol. The van der Waals surface area contributed by atoms with Crippen molar-refractivity contribution in [1.82, 2.24) is 15.0 Å². The molecule has 0 spiro atoms. The molecule has 0 bridgehead atoms. The molecule has 8 heteroatoms. The molecule has 1 saturated heterocycles. The van der Waals surface area contributed by atoms with Crippen LogP contribution in [0.4, 0.5) is 11.9 Å². The van der Waals surface area contributed by atoms with E-state index in [1.807, 2.05) is 18.7 Å². The summed E-state index contributed by atoms with van der Waals surface area (Å²) >= 11 is 2.00. The van der Waals surface area contributed by atoms with Gasteiger partial charge in [-0.2, -0.15) is 26.7 Å². The van der Waals surface area contributed by atoms with Gasteiger partial charge in [0.1, 0.15) is 0 Å². The van der Waals surface area contributed by atoms with Gasteiger partial charge >= 0.3 is 6.01 Å². The molecule has 0 radical (unpaired) electrons. The number of rotatable bonds is 6. The number of nitrogens with one attached hydrogen (secondary N) is 2. The first-order chi connectivity index (χ1) is 9.31. The lowest BCUT2D eigenvalue weighted by Gasteiger charge is -2.21. The van der Waals surface area contributed by atoms with Crippen LogP contribution in [0, 0.1) is 0 Å². The van der Waals surface area contributed by atoms with Crippen LogP contribution >= 0.6 is 11.8 Å². The zero-order chi connectivity index (χ0) is 13.5. The lowest BCUT2D eigenvalue weighted by Crippen LogP contribution is -2.22. The average Bonchev–Trinajstić information content (AvgIpc) is 2.46. The van der Waals surface area contributed by atoms with Crippen molar-refractivity contribution in [1.29, 1.82) is 0 Å². The molecule has 1 fully saturated rings. The summed E-state index contributed by atoms with van der Waals surface area (Å²) in [4.78, 5) is 12.4. The lowest BCUT2D eigenvalue weighted by atomic mass is 10.2. The molecule has 1 aliphatic rings. The van der Waals surface area contributed by atoms with E-state index < -0.39 is 0 Å². The smallest absolute Gasteiger partial charge is 0.323 e. The predicted octanol–water partition coefficient (Wildman–Crippen LogP) is 1.25. The number of hydrogen-bond donors (Lipinski definition) is 3. The van der Waals surface area contributed by atoms with Crippen LogP contribution in [-0.2, 0) is 0 Å². The number of nitrogen functional groups attached to an aromatic ring is 1. The molecule has 19 heavy (non-hydrogen) atoms. The van der Waals surface area contributed by atoms with Crippen molar-refractivity contribution in [3.05, 3.63) is 0 Å². The summed E-state index contributed by atoms with van der Waals surface area (Å²) in [6.45, 7) is 3.24. The topological polar surface area (TPSA) is 98.0 Å². The van der Waals surface area contributed by atoms with Crippen LogP contribution in [0.25, 0.3) is 0 Å². The first-order valence-corrected chi connectivity index (χ1v) is 7.57. The molecule has 0 amide bonds. The molecule has 4 N–H and O–H groups in total. The van der Waals surface area contributed by atoms with Crippen LogP contribution in [0.3, 0.4) is 0 Å². The third-order valence-electron chi connectivity index (χ3n) is 2.78. The second-order valence-corrected chi connectivity index (χ2v) is 5.62. The Morgan fingerprint density at radius 3 is 2.84 bits per heavy atom. The predicted molar refractivity (Wildman–Crippen MR) is 77.4 cm³/mol. The van der Waals surface area contributed by atoms with E-state index in [4.69, 9.17) is 10.6 Å². The van der Waals surface area contributed by atoms with Gasteiger partial charge in [0, 0.05) is 11.8 Å². The Morgan fingerprint density at radius 2 is 2.16 bits per heavy atom. The number of hydrogen-bond acceptors (Lipinski definition) is 8. The molecule has 0 saturated carbocycles. The highest BCUT2D eigenvalue weighted by atomic mass is 32.2. The lowest BCUT2D eigenvalue weighted by molar-refractivity contribution is 0.312. The maximum Gasteiger partial charge on any atom is 0.323 e. The molecule has 2 rings (SSSR count). The largest absolute Gasteiger partial charge is 0.464 e. The minimum absolute atomic E-state index is 0.282. The fourth-order valence-electron chi connectivity index (χ4n) is 1.87. The van der Waals surface area contributed by atoms with Crippen molar-refractivity contribution in [2.24, 2.45) is 5.84 Å². The van der Waals surface area contributed by atoms with E-state index in [2.05, 4.69) is 25.7 Å². The molecule has 1 unspecified atom stereocenters. The molecule has 1 atom stereocenters. The summed E-state index contributed by atoms with van der Waals surface area (Å²) in [6.07, 6.45) is 3.86. The Hall–Kier alpha value is -1.28. The second-order valence-electron chi connectivity index (χ2n) is 4.21. The van der Waals surface area contributed by atoms with Gasteiger partial charge in [-0.1, -0.05) is 6.42 Å². The summed E-state index contributed by atoms with van der Waals surface area (Å²) in [5, 5.41) is 3.85. The van der Waals surface area contributed by atoms with Crippen molar-refractivity contribution >= 4 is 23.7 Å². The zero-order valence-electron chi connectivity index (χ0n) is 11.1. The van der Waals surface area contributed by atoms with E-state index in [1.54, 1.807) is 0 Å². The minimum atomic E-state index is 0.282. The number of ether oxygens (including phenoxy) is 1. The number of thioether (sulfide) groups is 1. The maximum absolute atomic E-state index is 5.33. The highest BCUT2D eigenvalue weighted by Crippen LogP contribution is 2.25. The molecule has 1 aliphatic heterocycles. The second kappa shape index (κ2) is 7.34. The quantitative estimate of drug-likeness (QED) is 0.530. The Labute approximate surface area is 117 Å². The Kier molecular flexibility index (Phi) is 5.46. The summed E-state index contributed by atoms with van der Waals surface area (Å²) in [6, 6.07) is 0.282. The van der Waals surface area contributed by atoms with Gasteiger partial charge in [-0.15, -0.1) is 0 Å². The Bertz CT molecular complexity index is 399. The van der Waals surface area contributed by atoms with Crippen molar-refractivity contribution in [2.45, 2.75) is 31.4 Å². The highest BCUT2D eigenvalue weighted by Gasteiger charge is 2.14. The maximum atomic E-state index is 5.33. The first-order valence-electron chi connectivity index (χ1n) is 6.52. The fourth-order valence-corrected chi connectivity index (χ4v) is 3.11. The Morgan fingerprint density at radius 1 is 1.32 bits per heavy atom. The molecule has 2 heterocycles.